The van der Waals surface area contributed by atoms with Crippen LogP contribution in [-0.2, 0) is 4.79 Å². The number of rotatable bonds is 3. The van der Waals surface area contributed by atoms with Gasteiger partial charge in [0.05, 0.1) is 6.04 Å². The smallest absolute Gasteiger partial charge is 0.246 e. The molecule has 0 aliphatic carbocycles. The first-order valence-electron chi connectivity index (χ1n) is 10.8. The molecule has 33 heavy (non-hydrogen) atoms. The SMILES string of the molecule is CC(C)(O)C#Cc1cc(N2CCC(C(=O)N3N=CCC3c3cc(F)cc(F)c3)CC2)ncn1. The minimum atomic E-state index is -1.11. The van der Waals surface area contributed by atoms with E-state index in [4.69, 9.17) is 0 Å². The molecule has 172 valence electrons. The van der Waals surface area contributed by atoms with Crippen LogP contribution in [0, 0.1) is 29.4 Å². The normalized spacial score (nSPS) is 18.9. The van der Waals surface area contributed by atoms with E-state index in [9.17, 15) is 18.7 Å². The van der Waals surface area contributed by atoms with Crippen LogP contribution in [-0.4, -0.2) is 50.9 Å². The third-order valence-electron chi connectivity index (χ3n) is 5.64. The Morgan fingerprint density at radius 3 is 2.48 bits per heavy atom. The Kier molecular flexibility index (Phi) is 6.38. The third-order valence-corrected chi connectivity index (χ3v) is 5.64. The molecule has 1 N–H and O–H groups in total. The second-order valence-corrected chi connectivity index (χ2v) is 8.77. The number of piperidine rings is 1. The van der Waals surface area contributed by atoms with Crippen molar-refractivity contribution in [2.24, 2.45) is 11.0 Å². The van der Waals surface area contributed by atoms with Gasteiger partial charge in [0, 0.05) is 43.8 Å². The molecule has 1 aromatic carbocycles. The Morgan fingerprint density at radius 1 is 1.12 bits per heavy atom. The molecule has 2 aliphatic rings. The zero-order valence-electron chi connectivity index (χ0n) is 18.5. The van der Waals surface area contributed by atoms with Crippen LogP contribution in [0.5, 0.6) is 0 Å². The molecular formula is C24H25F2N5O2. The van der Waals surface area contributed by atoms with Crippen molar-refractivity contribution in [2.45, 2.75) is 44.8 Å². The third kappa shape index (κ3) is 5.52. The van der Waals surface area contributed by atoms with Crippen LogP contribution in [0.25, 0.3) is 0 Å². The van der Waals surface area contributed by atoms with Crippen molar-refractivity contribution in [2.75, 3.05) is 18.0 Å². The van der Waals surface area contributed by atoms with Crippen LogP contribution in [0.4, 0.5) is 14.6 Å². The highest BCUT2D eigenvalue weighted by Gasteiger charge is 2.35. The van der Waals surface area contributed by atoms with E-state index in [0.717, 1.165) is 6.07 Å². The number of aliphatic hydroxyl groups is 1. The second-order valence-electron chi connectivity index (χ2n) is 8.77. The first-order valence-corrected chi connectivity index (χ1v) is 10.8. The standard InChI is InChI=1S/C24H25F2N5O2/c1-24(2,33)7-3-20-14-22(28-15-27-20)30-9-5-16(6-10-30)23(32)31-21(4-8-29-31)17-11-18(25)13-19(26)12-17/h8,11-16,21,33H,4-6,9-10H2,1-2H3. The fourth-order valence-corrected chi connectivity index (χ4v) is 4.02. The van der Waals surface area contributed by atoms with E-state index in [0.29, 0.717) is 49.4 Å². The van der Waals surface area contributed by atoms with Gasteiger partial charge in [-0.1, -0.05) is 5.92 Å². The molecule has 0 bridgehead atoms. The predicted molar refractivity (Wildman–Crippen MR) is 119 cm³/mol. The molecule has 2 aromatic rings. The summed E-state index contributed by atoms with van der Waals surface area (Å²) in [5.74, 6) is 4.56. The van der Waals surface area contributed by atoms with Crippen molar-refractivity contribution < 1.29 is 18.7 Å². The lowest BCUT2D eigenvalue weighted by molar-refractivity contribution is -0.138. The van der Waals surface area contributed by atoms with Crippen LogP contribution in [0.3, 0.4) is 0 Å². The van der Waals surface area contributed by atoms with Crippen molar-refractivity contribution in [1.29, 1.82) is 0 Å². The summed E-state index contributed by atoms with van der Waals surface area (Å²) < 4.78 is 27.4. The maximum Gasteiger partial charge on any atom is 0.246 e. The summed E-state index contributed by atoms with van der Waals surface area (Å²) in [5, 5.41) is 15.3. The molecule has 1 aromatic heterocycles. The second kappa shape index (κ2) is 9.24. The lowest BCUT2D eigenvalue weighted by Crippen LogP contribution is -2.41. The summed E-state index contributed by atoms with van der Waals surface area (Å²) in [6.45, 7) is 4.43. The van der Waals surface area contributed by atoms with E-state index in [1.54, 1.807) is 26.1 Å². The van der Waals surface area contributed by atoms with Crippen LogP contribution in [0.2, 0.25) is 0 Å². The Labute approximate surface area is 191 Å². The Hall–Kier alpha value is -3.38. The Balaban J connectivity index is 1.41. The van der Waals surface area contributed by atoms with Crippen molar-refractivity contribution in [3.8, 4) is 11.8 Å². The zero-order chi connectivity index (χ0) is 23.6. The van der Waals surface area contributed by atoms with Gasteiger partial charge in [0.25, 0.3) is 0 Å². The summed E-state index contributed by atoms with van der Waals surface area (Å²) in [7, 11) is 0. The topological polar surface area (TPSA) is 81.9 Å². The molecule has 1 atom stereocenters. The molecular weight excluding hydrogens is 428 g/mol. The van der Waals surface area contributed by atoms with Gasteiger partial charge in [-0.25, -0.2) is 23.8 Å². The molecule has 1 amide bonds. The maximum atomic E-state index is 13.7. The minimum Gasteiger partial charge on any atom is -0.378 e. The summed E-state index contributed by atoms with van der Waals surface area (Å²) >= 11 is 0. The van der Waals surface area contributed by atoms with Crippen LogP contribution in [0.15, 0.2) is 35.7 Å². The number of hydrogen-bond acceptors (Lipinski definition) is 6. The molecule has 7 nitrogen and oxygen atoms in total. The molecule has 1 unspecified atom stereocenters. The number of carbonyl (C=O) groups excluding carboxylic acids is 1. The molecule has 2 aliphatic heterocycles. The summed E-state index contributed by atoms with van der Waals surface area (Å²) in [6.07, 6.45) is 4.66. The number of nitrogens with zero attached hydrogens (tertiary/aromatic N) is 5. The first kappa shape index (κ1) is 22.8. The number of benzene rings is 1. The fourth-order valence-electron chi connectivity index (χ4n) is 4.02. The average Bonchev–Trinajstić information content (AvgIpc) is 3.26. The van der Waals surface area contributed by atoms with E-state index < -0.39 is 23.3 Å². The number of aromatic nitrogens is 2. The first-order chi connectivity index (χ1) is 15.7. The highest BCUT2D eigenvalue weighted by molar-refractivity contribution is 5.82. The van der Waals surface area contributed by atoms with Crippen LogP contribution >= 0.6 is 0 Å². The number of hydrogen-bond donors (Lipinski definition) is 1. The zero-order valence-corrected chi connectivity index (χ0v) is 18.5. The van der Waals surface area contributed by atoms with Gasteiger partial charge in [-0.05, 0) is 50.3 Å². The van der Waals surface area contributed by atoms with Crippen molar-refractivity contribution in [1.82, 2.24) is 15.0 Å². The maximum absolute atomic E-state index is 13.7. The van der Waals surface area contributed by atoms with Crippen LogP contribution < -0.4 is 4.90 Å². The molecule has 1 saturated heterocycles. The molecule has 3 heterocycles. The number of anilines is 1. The number of halogens is 2. The van der Waals surface area contributed by atoms with Crippen LogP contribution in [0.1, 0.15) is 50.4 Å². The Morgan fingerprint density at radius 2 is 1.82 bits per heavy atom. The lowest BCUT2D eigenvalue weighted by atomic mass is 9.94. The van der Waals surface area contributed by atoms with Gasteiger partial charge in [0.15, 0.2) is 0 Å². The highest BCUT2D eigenvalue weighted by Crippen LogP contribution is 2.33. The largest absolute Gasteiger partial charge is 0.378 e. The van der Waals surface area contributed by atoms with E-state index in [1.165, 1.54) is 23.5 Å². The van der Waals surface area contributed by atoms with E-state index >= 15 is 0 Å². The molecule has 1 fully saturated rings. The summed E-state index contributed by atoms with van der Waals surface area (Å²) in [4.78, 5) is 23.7. The van der Waals surface area contributed by atoms with Crippen molar-refractivity contribution >= 4 is 17.9 Å². The minimum absolute atomic E-state index is 0.141. The summed E-state index contributed by atoms with van der Waals surface area (Å²) in [6, 6.07) is 4.58. The van der Waals surface area contributed by atoms with Gasteiger partial charge in [-0.3, -0.25) is 4.79 Å². The van der Waals surface area contributed by atoms with E-state index in [1.807, 2.05) is 0 Å². The van der Waals surface area contributed by atoms with Gasteiger partial charge in [0.1, 0.15) is 35.1 Å². The molecule has 4 rings (SSSR count). The number of amides is 1. The molecule has 0 radical (unpaired) electrons. The van der Waals surface area contributed by atoms with Crippen molar-refractivity contribution in [3.05, 3.63) is 53.5 Å². The Bertz CT molecular complexity index is 1110. The quantitative estimate of drug-likeness (QED) is 0.723. The van der Waals surface area contributed by atoms with Gasteiger partial charge in [-0.15, -0.1) is 0 Å². The van der Waals surface area contributed by atoms with E-state index in [-0.39, 0.29) is 11.8 Å². The fraction of sp³-hybridized carbons (Fsp3) is 0.417. The molecule has 0 spiro atoms. The van der Waals surface area contributed by atoms with Crippen molar-refractivity contribution in [3.63, 3.8) is 0 Å². The number of carbonyl (C=O) groups is 1. The molecule has 9 heteroatoms. The number of hydrazone groups is 1. The summed E-state index contributed by atoms with van der Waals surface area (Å²) in [5.41, 5.74) is -0.204. The lowest BCUT2D eigenvalue weighted by Gasteiger charge is -2.34. The predicted octanol–water partition coefficient (Wildman–Crippen LogP) is 3.05. The highest BCUT2D eigenvalue weighted by atomic mass is 19.1. The average molecular weight is 453 g/mol. The van der Waals surface area contributed by atoms with Gasteiger partial charge in [-0.2, -0.15) is 5.10 Å². The molecule has 0 saturated carbocycles. The van der Waals surface area contributed by atoms with Gasteiger partial charge < -0.3 is 10.0 Å². The van der Waals surface area contributed by atoms with Gasteiger partial charge >= 0.3 is 0 Å². The van der Waals surface area contributed by atoms with Gasteiger partial charge in [0.2, 0.25) is 5.91 Å². The van der Waals surface area contributed by atoms with E-state index in [2.05, 4.69) is 31.8 Å². The monoisotopic (exact) mass is 453 g/mol.